The van der Waals surface area contributed by atoms with Gasteiger partial charge in [-0.3, -0.25) is 0 Å². The number of rotatable bonds is 4. The third-order valence-electron chi connectivity index (χ3n) is 4.46. The number of nitrogen functional groups attached to an aromatic ring is 1. The van der Waals surface area contributed by atoms with Crippen LogP contribution in [0.4, 0.5) is 11.5 Å². The fourth-order valence-electron chi connectivity index (χ4n) is 3.11. The van der Waals surface area contributed by atoms with Gasteiger partial charge in [-0.25, -0.2) is 9.97 Å². The molecule has 0 saturated heterocycles. The van der Waals surface area contributed by atoms with Crippen LogP contribution in [-0.4, -0.2) is 15.0 Å². The second-order valence-corrected chi connectivity index (χ2v) is 6.35. The lowest BCUT2D eigenvalue weighted by atomic mass is 9.99. The molecule has 0 saturated carbocycles. The molecule has 0 aliphatic carbocycles. The van der Waals surface area contributed by atoms with E-state index in [-0.39, 0.29) is 0 Å². The van der Waals surface area contributed by atoms with Gasteiger partial charge in [0.25, 0.3) is 0 Å². The molecule has 132 valence electrons. The fraction of sp³-hybridized carbons (Fsp3) is 0.0952. The number of hydrogen-bond donors (Lipinski definition) is 3. The first-order chi connectivity index (χ1) is 13.1. The topological polar surface area (TPSA) is 103 Å². The number of para-hydroxylation sites is 1. The molecule has 0 radical (unpaired) electrons. The van der Waals surface area contributed by atoms with Gasteiger partial charge in [-0.2, -0.15) is 5.26 Å². The molecule has 4 rings (SSSR count). The summed E-state index contributed by atoms with van der Waals surface area (Å²) in [6.07, 6.45) is 1.77. The summed E-state index contributed by atoms with van der Waals surface area (Å²) in [7, 11) is 0. The summed E-state index contributed by atoms with van der Waals surface area (Å²) in [5.74, 6) is 1.55. The van der Waals surface area contributed by atoms with Gasteiger partial charge in [0.2, 0.25) is 0 Å². The summed E-state index contributed by atoms with van der Waals surface area (Å²) < 4.78 is 0. The van der Waals surface area contributed by atoms with Crippen LogP contribution < -0.4 is 11.1 Å². The van der Waals surface area contributed by atoms with Crippen molar-refractivity contribution in [3.8, 4) is 17.2 Å². The molecule has 6 nitrogen and oxygen atoms in total. The van der Waals surface area contributed by atoms with Crippen LogP contribution in [0.3, 0.4) is 0 Å². The molecule has 0 amide bonds. The molecule has 2 aromatic heterocycles. The van der Waals surface area contributed by atoms with E-state index < -0.39 is 0 Å². The summed E-state index contributed by atoms with van der Waals surface area (Å²) >= 11 is 0. The average Bonchev–Trinajstić information content (AvgIpc) is 3.11. The molecule has 4 N–H and O–H groups in total. The van der Waals surface area contributed by atoms with Gasteiger partial charge in [-0.15, -0.1) is 0 Å². The Morgan fingerprint density at radius 2 is 2.07 bits per heavy atom. The van der Waals surface area contributed by atoms with E-state index in [1.54, 1.807) is 6.20 Å². The number of benzene rings is 2. The van der Waals surface area contributed by atoms with Crippen LogP contribution in [0.1, 0.15) is 17.0 Å². The number of anilines is 2. The number of imidazole rings is 1. The molecule has 2 heterocycles. The van der Waals surface area contributed by atoms with Gasteiger partial charge in [0.05, 0.1) is 34.9 Å². The smallest absolute Gasteiger partial charge is 0.126 e. The second-order valence-electron chi connectivity index (χ2n) is 6.35. The van der Waals surface area contributed by atoms with E-state index in [1.807, 2.05) is 55.5 Å². The zero-order chi connectivity index (χ0) is 18.8. The van der Waals surface area contributed by atoms with E-state index >= 15 is 0 Å². The number of aromatic amines is 1. The molecule has 2 aromatic carbocycles. The molecule has 0 spiro atoms. The zero-order valence-corrected chi connectivity index (χ0v) is 14.8. The van der Waals surface area contributed by atoms with Crippen molar-refractivity contribution in [3.05, 3.63) is 71.7 Å². The predicted molar refractivity (Wildman–Crippen MR) is 107 cm³/mol. The fourth-order valence-corrected chi connectivity index (χ4v) is 3.11. The van der Waals surface area contributed by atoms with Gasteiger partial charge in [-0.1, -0.05) is 12.1 Å². The van der Waals surface area contributed by atoms with Crippen LogP contribution in [0, 0.1) is 18.3 Å². The van der Waals surface area contributed by atoms with Crippen LogP contribution in [0.15, 0.2) is 54.7 Å². The Bertz CT molecular complexity index is 1170. The van der Waals surface area contributed by atoms with Crippen molar-refractivity contribution in [1.29, 1.82) is 5.26 Å². The first-order valence-corrected chi connectivity index (χ1v) is 8.58. The molecule has 0 unspecified atom stereocenters. The van der Waals surface area contributed by atoms with E-state index in [9.17, 15) is 0 Å². The number of fused-ring (bicyclic) bond motifs is 1. The lowest BCUT2D eigenvalue weighted by molar-refractivity contribution is 0.998. The first kappa shape index (κ1) is 16.6. The Labute approximate surface area is 156 Å². The summed E-state index contributed by atoms with van der Waals surface area (Å²) in [5, 5.41) is 12.3. The molecular formula is C21H18N6. The first-order valence-electron chi connectivity index (χ1n) is 8.58. The number of nitrogens with one attached hydrogen (secondary N) is 2. The summed E-state index contributed by atoms with van der Waals surface area (Å²) in [4.78, 5) is 12.2. The van der Waals surface area contributed by atoms with E-state index in [4.69, 9.17) is 11.0 Å². The van der Waals surface area contributed by atoms with Gasteiger partial charge < -0.3 is 16.0 Å². The van der Waals surface area contributed by atoms with E-state index in [1.165, 1.54) is 0 Å². The van der Waals surface area contributed by atoms with Gasteiger partial charge in [0.15, 0.2) is 0 Å². The van der Waals surface area contributed by atoms with Crippen molar-refractivity contribution in [3.63, 3.8) is 0 Å². The van der Waals surface area contributed by atoms with Gasteiger partial charge in [-0.05, 0) is 60.0 Å². The number of pyridine rings is 1. The maximum absolute atomic E-state index is 9.03. The minimum atomic E-state index is 0.511. The Morgan fingerprint density at radius 3 is 2.85 bits per heavy atom. The van der Waals surface area contributed by atoms with Gasteiger partial charge >= 0.3 is 0 Å². The summed E-state index contributed by atoms with van der Waals surface area (Å²) in [6, 6.07) is 17.5. The van der Waals surface area contributed by atoms with Crippen LogP contribution in [0.5, 0.6) is 0 Å². The minimum Gasteiger partial charge on any atom is -0.397 e. The molecule has 0 aliphatic heterocycles. The highest BCUT2D eigenvalue weighted by molar-refractivity contribution is 5.86. The third-order valence-corrected chi connectivity index (χ3v) is 4.46. The highest BCUT2D eigenvalue weighted by atomic mass is 15.0. The number of nitrogens with zero attached hydrogens (tertiary/aromatic N) is 3. The number of nitrogens with two attached hydrogens (primary N) is 1. The molecule has 0 bridgehead atoms. The summed E-state index contributed by atoms with van der Waals surface area (Å²) in [5.41, 5.74) is 12.2. The second kappa shape index (κ2) is 6.81. The Hall–Kier alpha value is -3.85. The Balaban J connectivity index is 1.56. The van der Waals surface area contributed by atoms with Gasteiger partial charge in [0.1, 0.15) is 11.6 Å². The van der Waals surface area contributed by atoms with Crippen LogP contribution >= 0.6 is 0 Å². The molecular weight excluding hydrogens is 336 g/mol. The lowest BCUT2D eigenvalue weighted by Gasteiger charge is -2.09. The van der Waals surface area contributed by atoms with E-state index in [2.05, 4.69) is 26.3 Å². The van der Waals surface area contributed by atoms with Crippen LogP contribution in [-0.2, 0) is 6.54 Å². The maximum atomic E-state index is 9.03. The van der Waals surface area contributed by atoms with Crippen molar-refractivity contribution in [2.45, 2.75) is 13.5 Å². The van der Waals surface area contributed by atoms with E-state index in [0.29, 0.717) is 17.8 Å². The highest BCUT2D eigenvalue weighted by Crippen LogP contribution is 2.26. The van der Waals surface area contributed by atoms with Crippen LogP contribution in [0.25, 0.3) is 22.2 Å². The van der Waals surface area contributed by atoms with Crippen molar-refractivity contribution >= 4 is 22.5 Å². The lowest BCUT2D eigenvalue weighted by Crippen LogP contribution is -2.03. The SMILES string of the molecule is Cc1cc(C#N)ccc1-c1ccnc(NCc2nc3cccc(N)c3[nH]2)c1. The number of nitriles is 1. The zero-order valence-electron chi connectivity index (χ0n) is 14.8. The van der Waals surface area contributed by atoms with Crippen molar-refractivity contribution in [1.82, 2.24) is 15.0 Å². The molecule has 6 heteroatoms. The van der Waals surface area contributed by atoms with Crippen molar-refractivity contribution < 1.29 is 0 Å². The monoisotopic (exact) mass is 354 g/mol. The Kier molecular flexibility index (Phi) is 4.19. The number of H-pyrrole nitrogens is 1. The largest absolute Gasteiger partial charge is 0.397 e. The predicted octanol–water partition coefficient (Wildman–Crippen LogP) is 4.00. The third kappa shape index (κ3) is 3.31. The van der Waals surface area contributed by atoms with Gasteiger partial charge in [0, 0.05) is 6.20 Å². The molecule has 27 heavy (non-hydrogen) atoms. The number of aromatic nitrogens is 3. The summed E-state index contributed by atoms with van der Waals surface area (Å²) in [6.45, 7) is 2.51. The van der Waals surface area contributed by atoms with Crippen molar-refractivity contribution in [2.75, 3.05) is 11.1 Å². The van der Waals surface area contributed by atoms with Crippen LogP contribution in [0.2, 0.25) is 0 Å². The van der Waals surface area contributed by atoms with Crippen molar-refractivity contribution in [2.24, 2.45) is 0 Å². The molecule has 0 aliphatic rings. The molecule has 0 atom stereocenters. The standard InChI is InChI=1S/C21H18N6/c1-13-9-14(11-22)5-6-16(13)15-7-8-24-19(10-15)25-12-20-26-18-4-2-3-17(23)21(18)27-20/h2-10H,12,23H2,1H3,(H,24,25)(H,26,27). The average molecular weight is 354 g/mol. The highest BCUT2D eigenvalue weighted by Gasteiger charge is 2.07. The Morgan fingerprint density at radius 1 is 1.19 bits per heavy atom. The number of hydrogen-bond acceptors (Lipinski definition) is 5. The maximum Gasteiger partial charge on any atom is 0.126 e. The number of aryl methyl sites for hydroxylation is 1. The molecule has 0 fully saturated rings. The minimum absolute atomic E-state index is 0.511. The quantitative estimate of drug-likeness (QED) is 0.481. The normalized spacial score (nSPS) is 10.7. The van der Waals surface area contributed by atoms with E-state index in [0.717, 1.165) is 39.4 Å². The molecule has 4 aromatic rings.